The molecule has 1 atom stereocenters. The van der Waals surface area contributed by atoms with Gasteiger partial charge < -0.3 is 4.89 Å². The molecule has 0 bridgehead atoms. The van der Waals surface area contributed by atoms with Crippen molar-refractivity contribution in [2.24, 2.45) is 0 Å². The zero-order valence-electron chi connectivity index (χ0n) is 5.45. The van der Waals surface area contributed by atoms with Gasteiger partial charge in [-0.15, -0.1) is 0 Å². The highest BCUT2D eigenvalue weighted by Gasteiger charge is 2.15. The Balaban J connectivity index is 2.61. The first-order valence-corrected chi connectivity index (χ1v) is 4.58. The average Bonchev–Trinajstić information content (AvgIpc) is 2.34. The Morgan fingerprint density at radius 3 is 2.90 bits per heavy atom. The van der Waals surface area contributed by atoms with E-state index in [0.717, 1.165) is 11.7 Å². The fourth-order valence-electron chi connectivity index (χ4n) is 1.18. The predicted molar refractivity (Wildman–Crippen MR) is 42.8 cm³/mol. The number of fused-ring (bicyclic) bond motifs is 1. The summed E-state index contributed by atoms with van der Waals surface area (Å²) in [6.07, 6.45) is 0.880. The minimum atomic E-state index is -1.16. The molecule has 0 aliphatic carbocycles. The molecular formula is C8H7OP. The minimum absolute atomic E-state index is 0.880. The highest BCUT2D eigenvalue weighted by Crippen LogP contribution is 2.19. The Labute approximate surface area is 60.8 Å². The van der Waals surface area contributed by atoms with E-state index in [9.17, 15) is 4.89 Å². The molecule has 1 unspecified atom stereocenters. The first-order valence-electron chi connectivity index (χ1n) is 3.25. The van der Waals surface area contributed by atoms with Crippen LogP contribution in [0.1, 0.15) is 5.56 Å². The van der Waals surface area contributed by atoms with Crippen molar-refractivity contribution >= 4 is 18.9 Å². The molecular weight excluding hydrogens is 143 g/mol. The van der Waals surface area contributed by atoms with E-state index in [4.69, 9.17) is 0 Å². The van der Waals surface area contributed by atoms with Crippen molar-refractivity contribution in [3.63, 3.8) is 0 Å². The number of hydrogen-bond acceptors (Lipinski definition) is 1. The van der Waals surface area contributed by atoms with Crippen molar-refractivity contribution in [1.29, 1.82) is 0 Å². The summed E-state index contributed by atoms with van der Waals surface area (Å²) < 4.78 is 0. The van der Waals surface area contributed by atoms with E-state index in [-0.39, 0.29) is 0 Å². The van der Waals surface area contributed by atoms with Crippen LogP contribution in [0.3, 0.4) is 0 Å². The smallest absolute Gasteiger partial charge is 0.148 e. The monoisotopic (exact) mass is 150 g/mol. The molecule has 2 rings (SSSR count). The van der Waals surface area contributed by atoms with Gasteiger partial charge in [-0.25, -0.2) is 0 Å². The summed E-state index contributed by atoms with van der Waals surface area (Å²) in [5.41, 5.74) is 1.23. The molecule has 0 radical (unpaired) electrons. The Morgan fingerprint density at radius 1 is 1.30 bits per heavy atom. The summed E-state index contributed by atoms with van der Waals surface area (Å²) >= 11 is 0. The second kappa shape index (κ2) is 2.19. The van der Waals surface area contributed by atoms with Crippen LogP contribution in [0.15, 0.2) is 24.3 Å². The molecule has 2 heteroatoms. The van der Waals surface area contributed by atoms with E-state index >= 15 is 0 Å². The van der Waals surface area contributed by atoms with Gasteiger partial charge in [0.1, 0.15) is 5.30 Å². The van der Waals surface area contributed by atoms with Crippen molar-refractivity contribution in [3.8, 4) is 0 Å². The molecule has 0 spiro atoms. The topological polar surface area (TPSA) is 23.1 Å². The van der Waals surface area contributed by atoms with Crippen LogP contribution in [-0.4, -0.2) is 5.80 Å². The molecule has 10 heavy (non-hydrogen) atoms. The van der Waals surface area contributed by atoms with Crippen molar-refractivity contribution in [1.82, 2.24) is 0 Å². The third-order valence-electron chi connectivity index (χ3n) is 1.71. The SMILES string of the molecule is [O-][P+]1=CCc2ccccc21. The summed E-state index contributed by atoms with van der Waals surface area (Å²) in [5.74, 6) is 1.88. The third kappa shape index (κ3) is 0.792. The highest BCUT2D eigenvalue weighted by molar-refractivity contribution is 7.58. The lowest BCUT2D eigenvalue weighted by Crippen LogP contribution is -2.04. The van der Waals surface area contributed by atoms with Gasteiger partial charge in [-0.1, -0.05) is 18.2 Å². The first kappa shape index (κ1) is 6.09. The van der Waals surface area contributed by atoms with Crippen LogP contribution in [0.2, 0.25) is 0 Å². The van der Waals surface area contributed by atoms with Gasteiger partial charge in [-0.2, -0.15) is 0 Å². The highest BCUT2D eigenvalue weighted by atomic mass is 31.1. The van der Waals surface area contributed by atoms with Gasteiger partial charge in [0, 0.05) is 12.0 Å². The Hall–Kier alpha value is -0.650. The van der Waals surface area contributed by atoms with Crippen molar-refractivity contribution < 1.29 is 4.89 Å². The molecule has 0 saturated carbocycles. The molecule has 1 aromatic carbocycles. The molecule has 50 valence electrons. The summed E-state index contributed by atoms with van der Waals surface area (Å²) in [6.45, 7) is 0. The predicted octanol–water partition coefficient (Wildman–Crippen LogP) is 0.427. The molecule has 1 nitrogen and oxygen atoms in total. The second-order valence-corrected chi connectivity index (χ2v) is 3.84. The van der Waals surface area contributed by atoms with E-state index in [1.807, 2.05) is 30.1 Å². The van der Waals surface area contributed by atoms with E-state index in [0.29, 0.717) is 0 Å². The first-order chi connectivity index (χ1) is 4.88. The maximum absolute atomic E-state index is 11.2. The fourth-order valence-corrected chi connectivity index (χ4v) is 2.42. The average molecular weight is 150 g/mol. The van der Waals surface area contributed by atoms with Gasteiger partial charge in [0.15, 0.2) is 0 Å². The van der Waals surface area contributed by atoms with Gasteiger partial charge in [-0.05, 0) is 6.07 Å². The van der Waals surface area contributed by atoms with Gasteiger partial charge in [0.05, 0.1) is 13.6 Å². The van der Waals surface area contributed by atoms with Crippen LogP contribution in [0.4, 0.5) is 0 Å². The maximum atomic E-state index is 11.2. The lowest BCUT2D eigenvalue weighted by atomic mass is 10.2. The largest absolute Gasteiger partial charge is 0.626 e. The van der Waals surface area contributed by atoms with Gasteiger partial charge in [0.2, 0.25) is 0 Å². The molecule has 0 N–H and O–H groups in total. The van der Waals surface area contributed by atoms with Gasteiger partial charge >= 0.3 is 0 Å². The number of hydrogen-bond donors (Lipinski definition) is 0. The molecule has 1 aliphatic heterocycles. The fraction of sp³-hybridized carbons (Fsp3) is 0.125. The number of benzene rings is 1. The normalized spacial score (nSPS) is 18.3. The van der Waals surface area contributed by atoms with Crippen LogP contribution in [0.25, 0.3) is 0 Å². The van der Waals surface area contributed by atoms with Gasteiger partial charge in [-0.3, -0.25) is 0 Å². The summed E-state index contributed by atoms with van der Waals surface area (Å²) in [4.78, 5) is 11.2. The standard InChI is InChI=1S/C8H7OP/c9-10-6-5-7-3-1-2-4-8(7)10/h1-4,6H,5H2. The summed E-state index contributed by atoms with van der Waals surface area (Å²) in [5, 5.41) is 1.03. The Kier molecular flexibility index (Phi) is 1.33. The van der Waals surface area contributed by atoms with Crippen molar-refractivity contribution in [2.75, 3.05) is 0 Å². The lowest BCUT2D eigenvalue weighted by Gasteiger charge is -1.93. The van der Waals surface area contributed by atoms with Crippen LogP contribution in [0, 0.1) is 0 Å². The number of rotatable bonds is 0. The summed E-state index contributed by atoms with van der Waals surface area (Å²) in [7, 11) is -1.16. The summed E-state index contributed by atoms with van der Waals surface area (Å²) in [6, 6.07) is 7.90. The molecule has 0 saturated heterocycles. The molecule has 1 heterocycles. The van der Waals surface area contributed by atoms with Crippen LogP contribution in [-0.2, 0) is 6.42 Å². The maximum Gasteiger partial charge on any atom is 0.148 e. The Morgan fingerprint density at radius 2 is 2.10 bits per heavy atom. The molecule has 0 fully saturated rings. The van der Waals surface area contributed by atoms with Crippen molar-refractivity contribution in [2.45, 2.75) is 6.42 Å². The third-order valence-corrected chi connectivity index (χ3v) is 3.13. The van der Waals surface area contributed by atoms with E-state index in [1.54, 1.807) is 0 Å². The minimum Gasteiger partial charge on any atom is -0.626 e. The van der Waals surface area contributed by atoms with Crippen LogP contribution in [0.5, 0.6) is 0 Å². The van der Waals surface area contributed by atoms with E-state index < -0.39 is 7.77 Å². The van der Waals surface area contributed by atoms with Crippen LogP contribution >= 0.6 is 7.77 Å². The van der Waals surface area contributed by atoms with E-state index in [2.05, 4.69) is 0 Å². The molecule has 1 aliphatic rings. The molecule has 0 aromatic heterocycles. The van der Waals surface area contributed by atoms with Crippen LogP contribution < -0.4 is 10.2 Å². The van der Waals surface area contributed by atoms with E-state index in [1.165, 1.54) is 5.56 Å². The Bertz CT molecular complexity index is 291. The molecule has 0 amide bonds. The quantitative estimate of drug-likeness (QED) is 0.492. The zero-order chi connectivity index (χ0) is 6.97. The van der Waals surface area contributed by atoms with Gasteiger partial charge in [0.25, 0.3) is 0 Å². The zero-order valence-corrected chi connectivity index (χ0v) is 6.34. The molecule has 1 aromatic rings. The van der Waals surface area contributed by atoms with Crippen molar-refractivity contribution in [3.05, 3.63) is 29.8 Å². The second-order valence-electron chi connectivity index (χ2n) is 2.34. The lowest BCUT2D eigenvalue weighted by molar-refractivity contribution is -0.149.